The van der Waals surface area contributed by atoms with Crippen molar-refractivity contribution in [2.24, 2.45) is 0 Å². The van der Waals surface area contributed by atoms with Gasteiger partial charge in [0.05, 0.1) is 22.4 Å². The molecule has 8 aromatic rings. The fraction of sp³-hybridized carbons (Fsp3) is 0. The first-order chi connectivity index (χ1) is 19.8. The Bertz CT molecular complexity index is 2070. The summed E-state index contributed by atoms with van der Waals surface area (Å²) in [6.07, 6.45) is 0. The standard InChI is InChI=1S/C38H24N2/c1-5-13-29-25(9-1)17-21-31(35-23-19-27-11-3-7-15-33(27)39-35)37(29)38-30-14-6-2-10-26(30)18-22-32(38)36-24-20-28-12-4-8-16-34(28)40-36/h1-24H. The van der Waals surface area contributed by atoms with E-state index in [2.05, 4.69) is 146 Å². The van der Waals surface area contributed by atoms with Gasteiger partial charge in [0.1, 0.15) is 0 Å². The van der Waals surface area contributed by atoms with Crippen molar-refractivity contribution < 1.29 is 0 Å². The Kier molecular flexibility index (Phi) is 5.17. The second-order valence-electron chi connectivity index (χ2n) is 10.2. The van der Waals surface area contributed by atoms with E-state index in [1.54, 1.807) is 0 Å². The second-order valence-corrected chi connectivity index (χ2v) is 10.2. The predicted molar refractivity (Wildman–Crippen MR) is 168 cm³/mol. The van der Waals surface area contributed by atoms with Gasteiger partial charge in [0, 0.05) is 33.0 Å². The molecule has 0 saturated carbocycles. The lowest BCUT2D eigenvalue weighted by molar-refractivity contribution is 1.39. The van der Waals surface area contributed by atoms with Gasteiger partial charge in [0.25, 0.3) is 0 Å². The summed E-state index contributed by atoms with van der Waals surface area (Å²) in [6.45, 7) is 0. The molecule has 0 atom stereocenters. The van der Waals surface area contributed by atoms with Crippen LogP contribution in [0.1, 0.15) is 0 Å². The van der Waals surface area contributed by atoms with Gasteiger partial charge >= 0.3 is 0 Å². The van der Waals surface area contributed by atoms with Crippen LogP contribution in [-0.2, 0) is 0 Å². The van der Waals surface area contributed by atoms with Gasteiger partial charge in [-0.15, -0.1) is 0 Å². The van der Waals surface area contributed by atoms with Gasteiger partial charge in [-0.05, 0) is 45.8 Å². The van der Waals surface area contributed by atoms with Gasteiger partial charge in [0.15, 0.2) is 0 Å². The van der Waals surface area contributed by atoms with Crippen LogP contribution >= 0.6 is 0 Å². The summed E-state index contributed by atoms with van der Waals surface area (Å²) in [7, 11) is 0. The molecule has 0 aliphatic carbocycles. The van der Waals surface area contributed by atoms with Crippen LogP contribution in [0.25, 0.3) is 77.0 Å². The molecular formula is C38H24N2. The van der Waals surface area contributed by atoms with Crippen molar-refractivity contribution >= 4 is 43.4 Å². The molecule has 0 fully saturated rings. The third kappa shape index (κ3) is 3.65. The topological polar surface area (TPSA) is 25.8 Å². The minimum Gasteiger partial charge on any atom is -0.248 e. The Morgan fingerprint density at radius 3 is 1.15 bits per heavy atom. The van der Waals surface area contributed by atoms with Crippen molar-refractivity contribution in [1.29, 1.82) is 0 Å². The van der Waals surface area contributed by atoms with Crippen molar-refractivity contribution in [3.05, 3.63) is 146 Å². The molecule has 6 aromatic carbocycles. The average molecular weight is 509 g/mol. The van der Waals surface area contributed by atoms with E-state index >= 15 is 0 Å². The zero-order valence-corrected chi connectivity index (χ0v) is 21.8. The second kappa shape index (κ2) is 9.14. The highest BCUT2D eigenvalue weighted by Gasteiger charge is 2.20. The summed E-state index contributed by atoms with van der Waals surface area (Å²) in [5.41, 5.74) is 8.51. The van der Waals surface area contributed by atoms with Crippen LogP contribution in [0.15, 0.2) is 146 Å². The Labute approximate surface area is 232 Å². The van der Waals surface area contributed by atoms with Gasteiger partial charge in [-0.1, -0.05) is 121 Å². The van der Waals surface area contributed by atoms with E-state index in [-0.39, 0.29) is 0 Å². The van der Waals surface area contributed by atoms with E-state index in [0.29, 0.717) is 0 Å². The highest BCUT2D eigenvalue weighted by Crippen LogP contribution is 2.45. The van der Waals surface area contributed by atoms with E-state index in [4.69, 9.17) is 9.97 Å². The molecule has 186 valence electrons. The Hall–Kier alpha value is -5.34. The van der Waals surface area contributed by atoms with Crippen LogP contribution in [-0.4, -0.2) is 9.97 Å². The first-order valence-corrected chi connectivity index (χ1v) is 13.6. The quantitative estimate of drug-likeness (QED) is 0.237. The Morgan fingerprint density at radius 2 is 0.675 bits per heavy atom. The van der Waals surface area contributed by atoms with Crippen LogP contribution in [0, 0.1) is 0 Å². The van der Waals surface area contributed by atoms with E-state index in [1.807, 2.05) is 0 Å². The molecule has 2 heteroatoms. The van der Waals surface area contributed by atoms with Crippen molar-refractivity contribution in [3.8, 4) is 33.6 Å². The van der Waals surface area contributed by atoms with Gasteiger partial charge in [-0.3, -0.25) is 0 Å². The summed E-state index contributed by atoms with van der Waals surface area (Å²) in [6, 6.07) is 51.4. The molecule has 40 heavy (non-hydrogen) atoms. The molecule has 2 nitrogen and oxygen atoms in total. The molecule has 0 spiro atoms. The molecule has 0 bridgehead atoms. The molecule has 0 N–H and O–H groups in total. The number of hydrogen-bond donors (Lipinski definition) is 0. The largest absolute Gasteiger partial charge is 0.248 e. The Morgan fingerprint density at radius 1 is 0.300 bits per heavy atom. The summed E-state index contributed by atoms with van der Waals surface area (Å²) >= 11 is 0. The van der Waals surface area contributed by atoms with Crippen LogP contribution in [0.4, 0.5) is 0 Å². The number of fused-ring (bicyclic) bond motifs is 4. The third-order valence-corrected chi connectivity index (χ3v) is 7.86. The minimum atomic E-state index is 0.963. The number of benzene rings is 6. The van der Waals surface area contributed by atoms with E-state index < -0.39 is 0 Å². The molecule has 8 rings (SSSR count). The van der Waals surface area contributed by atoms with Crippen LogP contribution < -0.4 is 0 Å². The number of rotatable bonds is 3. The molecule has 0 aliphatic heterocycles. The van der Waals surface area contributed by atoms with E-state index in [1.165, 1.54) is 32.7 Å². The van der Waals surface area contributed by atoms with E-state index in [0.717, 1.165) is 44.3 Å². The molecule has 0 aliphatic rings. The highest BCUT2D eigenvalue weighted by atomic mass is 14.7. The Balaban J connectivity index is 1.51. The molecule has 0 radical (unpaired) electrons. The maximum Gasteiger partial charge on any atom is 0.0716 e. The fourth-order valence-electron chi connectivity index (χ4n) is 5.94. The lowest BCUT2D eigenvalue weighted by atomic mass is 9.85. The van der Waals surface area contributed by atoms with Gasteiger partial charge < -0.3 is 0 Å². The summed E-state index contributed by atoms with van der Waals surface area (Å²) in [4.78, 5) is 10.3. The molecule has 0 unspecified atom stereocenters. The summed E-state index contributed by atoms with van der Waals surface area (Å²) in [5.74, 6) is 0. The monoisotopic (exact) mass is 508 g/mol. The summed E-state index contributed by atoms with van der Waals surface area (Å²) in [5, 5.41) is 7.08. The lowest BCUT2D eigenvalue weighted by Gasteiger charge is -2.19. The number of hydrogen-bond acceptors (Lipinski definition) is 2. The smallest absolute Gasteiger partial charge is 0.0716 e. The van der Waals surface area contributed by atoms with Crippen molar-refractivity contribution in [2.75, 3.05) is 0 Å². The van der Waals surface area contributed by atoms with Gasteiger partial charge in [-0.2, -0.15) is 0 Å². The third-order valence-electron chi connectivity index (χ3n) is 7.86. The first kappa shape index (κ1) is 22.6. The molecule has 0 saturated heterocycles. The summed E-state index contributed by atoms with van der Waals surface area (Å²) < 4.78 is 0. The molecule has 2 aromatic heterocycles. The van der Waals surface area contributed by atoms with Crippen LogP contribution in [0.2, 0.25) is 0 Å². The van der Waals surface area contributed by atoms with Gasteiger partial charge in [-0.25, -0.2) is 9.97 Å². The van der Waals surface area contributed by atoms with E-state index in [9.17, 15) is 0 Å². The zero-order chi connectivity index (χ0) is 26.5. The van der Waals surface area contributed by atoms with Crippen molar-refractivity contribution in [3.63, 3.8) is 0 Å². The SMILES string of the molecule is c1ccc2nc(-c3ccc4ccccc4c3-c3c(-c4ccc5ccccc5n4)ccc4ccccc34)ccc2c1. The maximum atomic E-state index is 5.15. The predicted octanol–water partition coefficient (Wildman–Crippen LogP) is 10.1. The normalized spacial score (nSPS) is 11.5. The fourth-order valence-corrected chi connectivity index (χ4v) is 5.94. The van der Waals surface area contributed by atoms with Crippen molar-refractivity contribution in [2.45, 2.75) is 0 Å². The number of aromatic nitrogens is 2. The van der Waals surface area contributed by atoms with Crippen molar-refractivity contribution in [1.82, 2.24) is 9.97 Å². The lowest BCUT2D eigenvalue weighted by Crippen LogP contribution is -1.96. The molecule has 0 amide bonds. The average Bonchev–Trinajstić information content (AvgIpc) is 3.03. The maximum absolute atomic E-state index is 5.15. The zero-order valence-electron chi connectivity index (χ0n) is 21.8. The number of pyridine rings is 2. The highest BCUT2D eigenvalue weighted by molar-refractivity contribution is 6.14. The molecular weight excluding hydrogens is 484 g/mol. The van der Waals surface area contributed by atoms with Crippen LogP contribution in [0.5, 0.6) is 0 Å². The van der Waals surface area contributed by atoms with Crippen LogP contribution in [0.3, 0.4) is 0 Å². The van der Waals surface area contributed by atoms with Gasteiger partial charge in [0.2, 0.25) is 0 Å². The minimum absolute atomic E-state index is 0.963. The first-order valence-electron chi connectivity index (χ1n) is 13.6. The molecule has 2 heterocycles. The number of nitrogens with zero attached hydrogens (tertiary/aromatic N) is 2. The number of para-hydroxylation sites is 2.